The van der Waals surface area contributed by atoms with Crippen LogP contribution in [0.4, 0.5) is 0 Å². The molecule has 0 bridgehead atoms. The number of amides is 1. The number of rotatable bonds is 5. The number of hydrogen-bond donors (Lipinski definition) is 1. The molecule has 0 radical (unpaired) electrons. The summed E-state index contributed by atoms with van der Waals surface area (Å²) in [6.07, 6.45) is 1.12. The van der Waals surface area contributed by atoms with Crippen molar-refractivity contribution in [3.8, 4) is 0 Å². The number of methoxy groups -OCH3 is 1. The third-order valence-electron chi connectivity index (χ3n) is 3.46. The molecule has 1 fully saturated rings. The summed E-state index contributed by atoms with van der Waals surface area (Å²) in [6, 6.07) is 7.17. The van der Waals surface area contributed by atoms with Gasteiger partial charge in [-0.15, -0.1) is 0 Å². The van der Waals surface area contributed by atoms with Crippen LogP contribution < -0.4 is 5.32 Å². The van der Waals surface area contributed by atoms with Crippen molar-refractivity contribution >= 4 is 34.5 Å². The molecule has 1 saturated heterocycles. The third kappa shape index (κ3) is 4.67. The molecule has 0 aliphatic carbocycles. The summed E-state index contributed by atoms with van der Waals surface area (Å²) in [4.78, 5) is 24.0. The molecule has 5 nitrogen and oxygen atoms in total. The molecule has 0 saturated carbocycles. The minimum Gasteiger partial charge on any atom is -0.467 e. The molecule has 21 heavy (non-hydrogen) atoms. The van der Waals surface area contributed by atoms with E-state index in [1.54, 1.807) is 0 Å². The molecule has 2 atom stereocenters. The zero-order valence-corrected chi connectivity index (χ0v) is 14.0. The minimum atomic E-state index is -0.664. The van der Waals surface area contributed by atoms with E-state index in [2.05, 4.69) is 27.9 Å². The molecule has 114 valence electrons. The molecular formula is C15H18INO4. The van der Waals surface area contributed by atoms with Gasteiger partial charge in [-0.2, -0.15) is 0 Å². The average molecular weight is 403 g/mol. The summed E-state index contributed by atoms with van der Waals surface area (Å²) in [5.41, 5.74) is 0.980. The van der Waals surface area contributed by atoms with Gasteiger partial charge in [-0.05, 0) is 46.7 Å². The second-order valence-electron chi connectivity index (χ2n) is 4.98. The first-order valence-corrected chi connectivity index (χ1v) is 7.88. The largest absolute Gasteiger partial charge is 0.467 e. The fraction of sp³-hybridized carbons (Fsp3) is 0.467. The van der Waals surface area contributed by atoms with Crippen LogP contribution in [0.1, 0.15) is 12.0 Å². The van der Waals surface area contributed by atoms with Crippen LogP contribution in [-0.2, 0) is 25.5 Å². The van der Waals surface area contributed by atoms with Crippen molar-refractivity contribution in [3.63, 3.8) is 0 Å². The number of ether oxygens (including phenoxy) is 2. The first-order valence-electron chi connectivity index (χ1n) is 6.80. The maximum Gasteiger partial charge on any atom is 0.328 e. The highest BCUT2D eigenvalue weighted by Crippen LogP contribution is 2.14. The van der Waals surface area contributed by atoms with E-state index in [0.717, 1.165) is 9.13 Å². The Morgan fingerprint density at radius 1 is 1.43 bits per heavy atom. The zero-order chi connectivity index (χ0) is 15.2. The van der Waals surface area contributed by atoms with Crippen LogP contribution in [0.3, 0.4) is 0 Å². The summed E-state index contributed by atoms with van der Waals surface area (Å²) in [5, 5.41) is 2.78. The molecule has 0 unspecified atom stereocenters. The SMILES string of the molecule is COC(=O)[C@H](Cc1ccc(I)cc1)NC(=O)[C@H]1CCOC1. The van der Waals surface area contributed by atoms with Gasteiger partial charge in [0.25, 0.3) is 0 Å². The van der Waals surface area contributed by atoms with E-state index in [0.29, 0.717) is 26.1 Å². The molecule has 1 aromatic rings. The van der Waals surface area contributed by atoms with Crippen molar-refractivity contribution in [2.24, 2.45) is 5.92 Å². The van der Waals surface area contributed by atoms with Crippen molar-refractivity contribution in [1.29, 1.82) is 0 Å². The Bertz CT molecular complexity index is 497. The molecule has 1 amide bonds. The number of nitrogens with one attached hydrogen (secondary N) is 1. The Kier molecular flexibility index (Phi) is 5.98. The zero-order valence-electron chi connectivity index (χ0n) is 11.8. The number of halogens is 1. The summed E-state index contributed by atoms with van der Waals surface area (Å²) in [6.45, 7) is 1.02. The Labute approximate surface area is 137 Å². The van der Waals surface area contributed by atoms with E-state index in [-0.39, 0.29) is 11.8 Å². The maximum atomic E-state index is 12.1. The quantitative estimate of drug-likeness (QED) is 0.599. The van der Waals surface area contributed by atoms with Crippen LogP contribution in [0.2, 0.25) is 0 Å². The molecule has 6 heteroatoms. The van der Waals surface area contributed by atoms with E-state index in [4.69, 9.17) is 9.47 Å². The Morgan fingerprint density at radius 2 is 2.14 bits per heavy atom. The molecule has 1 aromatic carbocycles. The molecule has 1 aliphatic rings. The molecule has 1 aliphatic heterocycles. The Morgan fingerprint density at radius 3 is 2.71 bits per heavy atom. The summed E-state index contributed by atoms with van der Waals surface area (Å²) in [5.74, 6) is -0.747. The number of esters is 1. The Hall–Kier alpha value is -1.15. The normalized spacial score (nSPS) is 19.0. The first-order chi connectivity index (χ1) is 10.1. The van der Waals surface area contributed by atoms with Gasteiger partial charge < -0.3 is 14.8 Å². The smallest absolute Gasteiger partial charge is 0.328 e. The van der Waals surface area contributed by atoms with Crippen molar-refractivity contribution < 1.29 is 19.1 Å². The van der Waals surface area contributed by atoms with Crippen molar-refractivity contribution in [2.75, 3.05) is 20.3 Å². The summed E-state index contributed by atoms with van der Waals surface area (Å²) >= 11 is 2.22. The first kappa shape index (κ1) is 16.2. The molecule has 1 heterocycles. The standard InChI is InChI=1S/C15H18INO4/c1-20-15(19)13(8-10-2-4-12(16)5-3-10)17-14(18)11-6-7-21-9-11/h2-5,11,13H,6-9H2,1H3,(H,17,18)/t11-,13-/m0/s1. The lowest BCUT2D eigenvalue weighted by molar-refractivity contribution is -0.145. The monoisotopic (exact) mass is 403 g/mol. The molecule has 2 rings (SSSR count). The number of benzene rings is 1. The third-order valence-corrected chi connectivity index (χ3v) is 4.17. The van der Waals surface area contributed by atoms with Gasteiger partial charge in [0.2, 0.25) is 5.91 Å². The molecule has 0 aromatic heterocycles. The lowest BCUT2D eigenvalue weighted by Crippen LogP contribution is -2.45. The number of hydrogen-bond acceptors (Lipinski definition) is 4. The number of carbonyl (C=O) groups is 2. The van der Waals surface area contributed by atoms with E-state index < -0.39 is 12.0 Å². The fourth-order valence-corrected chi connectivity index (χ4v) is 2.58. The highest BCUT2D eigenvalue weighted by Gasteiger charge is 2.28. The van der Waals surface area contributed by atoms with Crippen LogP contribution in [0, 0.1) is 9.49 Å². The average Bonchev–Trinajstić information content (AvgIpc) is 3.02. The molecule has 1 N–H and O–H groups in total. The minimum absolute atomic E-state index is 0.145. The van der Waals surface area contributed by atoms with Crippen molar-refractivity contribution in [3.05, 3.63) is 33.4 Å². The van der Waals surface area contributed by atoms with Gasteiger partial charge in [0.05, 0.1) is 19.6 Å². The van der Waals surface area contributed by atoms with E-state index in [9.17, 15) is 9.59 Å². The maximum absolute atomic E-state index is 12.1. The fourth-order valence-electron chi connectivity index (χ4n) is 2.22. The van der Waals surface area contributed by atoms with Gasteiger partial charge in [0, 0.05) is 16.6 Å². The second-order valence-corrected chi connectivity index (χ2v) is 6.22. The van der Waals surface area contributed by atoms with Crippen LogP contribution in [-0.4, -0.2) is 38.2 Å². The lowest BCUT2D eigenvalue weighted by atomic mass is 10.0. The molecule has 0 spiro atoms. The van der Waals surface area contributed by atoms with Gasteiger partial charge in [0.1, 0.15) is 6.04 Å². The van der Waals surface area contributed by atoms with Crippen LogP contribution in [0.5, 0.6) is 0 Å². The van der Waals surface area contributed by atoms with Crippen LogP contribution in [0.15, 0.2) is 24.3 Å². The highest BCUT2D eigenvalue weighted by molar-refractivity contribution is 14.1. The van der Waals surface area contributed by atoms with Gasteiger partial charge in [-0.25, -0.2) is 4.79 Å². The second kappa shape index (κ2) is 7.74. The van der Waals surface area contributed by atoms with Crippen LogP contribution >= 0.6 is 22.6 Å². The van der Waals surface area contributed by atoms with Crippen molar-refractivity contribution in [1.82, 2.24) is 5.32 Å². The summed E-state index contributed by atoms with van der Waals surface area (Å²) in [7, 11) is 1.33. The van der Waals surface area contributed by atoms with Gasteiger partial charge in [-0.1, -0.05) is 12.1 Å². The number of carbonyl (C=O) groups excluding carboxylic acids is 2. The highest BCUT2D eigenvalue weighted by atomic mass is 127. The van der Waals surface area contributed by atoms with Crippen molar-refractivity contribution in [2.45, 2.75) is 18.9 Å². The summed E-state index contributed by atoms with van der Waals surface area (Å²) < 4.78 is 11.1. The predicted octanol–water partition coefficient (Wildman–Crippen LogP) is 1.53. The van der Waals surface area contributed by atoms with Crippen LogP contribution in [0.25, 0.3) is 0 Å². The topological polar surface area (TPSA) is 64.6 Å². The predicted molar refractivity (Wildman–Crippen MR) is 85.7 cm³/mol. The van der Waals surface area contributed by atoms with Gasteiger partial charge in [0.15, 0.2) is 0 Å². The van der Waals surface area contributed by atoms with E-state index in [1.165, 1.54) is 7.11 Å². The van der Waals surface area contributed by atoms with Gasteiger partial charge >= 0.3 is 5.97 Å². The lowest BCUT2D eigenvalue weighted by Gasteiger charge is -2.18. The van der Waals surface area contributed by atoms with E-state index in [1.807, 2.05) is 24.3 Å². The van der Waals surface area contributed by atoms with Gasteiger partial charge in [-0.3, -0.25) is 4.79 Å². The molecular weight excluding hydrogens is 385 g/mol. The Balaban J connectivity index is 2.01. The van der Waals surface area contributed by atoms with E-state index >= 15 is 0 Å².